The highest BCUT2D eigenvalue weighted by Gasteiger charge is 2.07. The average molecular weight is 187 g/mol. The van der Waals surface area contributed by atoms with E-state index in [1.165, 1.54) is 16.8 Å². The van der Waals surface area contributed by atoms with Crippen LogP contribution in [0.3, 0.4) is 0 Å². The Balaban J connectivity index is 2.62. The highest BCUT2D eigenvalue weighted by molar-refractivity contribution is 5.41. The number of aryl methyl sites for hydroxylation is 3. The lowest BCUT2D eigenvalue weighted by atomic mass is 10.1. The number of aromatic nitrogens is 2. The van der Waals surface area contributed by atoms with Gasteiger partial charge in [-0.05, 0) is 31.0 Å². The van der Waals surface area contributed by atoms with Crippen molar-refractivity contribution in [1.29, 1.82) is 0 Å². The molecule has 0 spiro atoms. The van der Waals surface area contributed by atoms with Crippen molar-refractivity contribution in [3.05, 3.63) is 47.8 Å². The van der Waals surface area contributed by atoms with Crippen LogP contribution in [0.15, 0.2) is 36.7 Å². The molecule has 0 amide bonds. The third-order valence-electron chi connectivity index (χ3n) is 2.48. The number of nitrogens with zero attached hydrogens (tertiary/aromatic N) is 2. The summed E-state index contributed by atoms with van der Waals surface area (Å²) >= 11 is 0. The smallest absolute Gasteiger partial charge is 0.128 e. The largest absolute Gasteiger partial charge is 0.195 e. The highest BCUT2D eigenvalue weighted by Crippen LogP contribution is 2.13. The summed E-state index contributed by atoms with van der Waals surface area (Å²) in [6, 6.07) is 8.55. The number of hydrogen-bond acceptors (Lipinski definition) is 0. The van der Waals surface area contributed by atoms with Crippen molar-refractivity contribution in [3.8, 4) is 5.69 Å². The third-order valence-corrected chi connectivity index (χ3v) is 2.48. The van der Waals surface area contributed by atoms with Gasteiger partial charge in [0.1, 0.15) is 5.69 Å². The summed E-state index contributed by atoms with van der Waals surface area (Å²) in [5, 5.41) is 0. The third kappa shape index (κ3) is 1.43. The second-order valence-electron chi connectivity index (χ2n) is 3.70. The summed E-state index contributed by atoms with van der Waals surface area (Å²) in [5.41, 5.74) is 3.83. The van der Waals surface area contributed by atoms with Crippen molar-refractivity contribution in [2.75, 3.05) is 0 Å². The predicted octanol–water partition coefficient (Wildman–Crippen LogP) is 1.92. The van der Waals surface area contributed by atoms with E-state index >= 15 is 0 Å². The Bertz CT molecular complexity index is 455. The van der Waals surface area contributed by atoms with Gasteiger partial charge in [0.05, 0.1) is 6.20 Å². The minimum atomic E-state index is 1.25. The molecule has 0 atom stereocenters. The molecule has 1 aromatic heterocycles. The van der Waals surface area contributed by atoms with E-state index in [4.69, 9.17) is 0 Å². The van der Waals surface area contributed by atoms with Crippen molar-refractivity contribution >= 4 is 0 Å². The lowest BCUT2D eigenvalue weighted by molar-refractivity contribution is -0.744. The van der Waals surface area contributed by atoms with Crippen LogP contribution in [0.25, 0.3) is 5.69 Å². The van der Waals surface area contributed by atoms with E-state index in [1.807, 2.05) is 19.3 Å². The van der Waals surface area contributed by atoms with Crippen LogP contribution in [-0.2, 0) is 7.05 Å². The van der Waals surface area contributed by atoms with Gasteiger partial charge in [0.15, 0.2) is 13.2 Å². The minimum absolute atomic E-state index is 1.25. The minimum Gasteiger partial charge on any atom is -0.128 e. The van der Waals surface area contributed by atoms with Crippen LogP contribution in [0.2, 0.25) is 0 Å². The Morgan fingerprint density at radius 2 is 2.00 bits per heavy atom. The van der Waals surface area contributed by atoms with Crippen LogP contribution in [0.4, 0.5) is 0 Å². The van der Waals surface area contributed by atoms with Crippen molar-refractivity contribution in [2.45, 2.75) is 13.8 Å². The van der Waals surface area contributed by atoms with E-state index in [9.17, 15) is 0 Å². The van der Waals surface area contributed by atoms with E-state index in [-0.39, 0.29) is 0 Å². The molecule has 0 fully saturated rings. The first-order valence-electron chi connectivity index (χ1n) is 4.79. The van der Waals surface area contributed by atoms with Gasteiger partial charge in [-0.1, -0.05) is 12.1 Å². The first kappa shape index (κ1) is 9.00. The Kier molecular flexibility index (Phi) is 2.12. The lowest BCUT2D eigenvalue weighted by Gasteiger charge is -2.05. The van der Waals surface area contributed by atoms with Crippen LogP contribution < -0.4 is 4.68 Å². The molecule has 1 aromatic carbocycles. The van der Waals surface area contributed by atoms with Gasteiger partial charge in [-0.3, -0.25) is 0 Å². The molecule has 2 heteroatoms. The molecule has 0 radical (unpaired) electrons. The van der Waals surface area contributed by atoms with Crippen molar-refractivity contribution in [2.24, 2.45) is 7.05 Å². The van der Waals surface area contributed by atoms with Gasteiger partial charge in [-0.15, -0.1) is 9.36 Å². The topological polar surface area (TPSA) is 8.81 Å². The normalized spacial score (nSPS) is 10.5. The summed E-state index contributed by atoms with van der Waals surface area (Å²) in [6.07, 6.45) is 4.11. The summed E-state index contributed by atoms with van der Waals surface area (Å²) < 4.78 is 4.21. The Morgan fingerprint density at radius 1 is 1.21 bits per heavy atom. The Labute approximate surface area is 84.4 Å². The zero-order chi connectivity index (χ0) is 10.1. The van der Waals surface area contributed by atoms with Gasteiger partial charge >= 0.3 is 0 Å². The van der Waals surface area contributed by atoms with Gasteiger partial charge in [-0.25, -0.2) is 0 Å². The molecular formula is C12H15N2+. The van der Waals surface area contributed by atoms with Crippen LogP contribution >= 0.6 is 0 Å². The van der Waals surface area contributed by atoms with E-state index in [0.29, 0.717) is 0 Å². The van der Waals surface area contributed by atoms with Gasteiger partial charge in [-0.2, -0.15) is 0 Å². The number of benzene rings is 1. The molecule has 0 aliphatic carbocycles. The second-order valence-corrected chi connectivity index (χ2v) is 3.70. The summed E-state index contributed by atoms with van der Waals surface area (Å²) in [4.78, 5) is 0. The van der Waals surface area contributed by atoms with Gasteiger partial charge < -0.3 is 0 Å². The SMILES string of the molecule is Cc1ccc(C)c(-n2ccc[n+]2C)c1. The van der Waals surface area contributed by atoms with E-state index in [1.54, 1.807) is 0 Å². The maximum atomic E-state index is 2.20. The molecule has 0 N–H and O–H groups in total. The molecule has 0 saturated carbocycles. The molecule has 2 nitrogen and oxygen atoms in total. The van der Waals surface area contributed by atoms with Crippen LogP contribution in [0.5, 0.6) is 0 Å². The molecule has 72 valence electrons. The Hall–Kier alpha value is -1.57. The predicted molar refractivity (Wildman–Crippen MR) is 56.4 cm³/mol. The van der Waals surface area contributed by atoms with E-state index in [2.05, 4.69) is 47.6 Å². The monoisotopic (exact) mass is 187 g/mol. The van der Waals surface area contributed by atoms with Crippen LogP contribution in [0.1, 0.15) is 11.1 Å². The standard InChI is InChI=1S/C12H15N2/c1-10-5-6-11(2)12(9-10)14-8-4-7-13(14)3/h4-9H,1-3H3/q+1. The maximum Gasteiger partial charge on any atom is 0.195 e. The van der Waals surface area contributed by atoms with Gasteiger partial charge in [0.25, 0.3) is 0 Å². The quantitative estimate of drug-likeness (QED) is 0.603. The van der Waals surface area contributed by atoms with Crippen LogP contribution in [-0.4, -0.2) is 4.68 Å². The van der Waals surface area contributed by atoms with Gasteiger partial charge in [0, 0.05) is 6.07 Å². The summed E-state index contributed by atoms with van der Waals surface area (Å²) in [5.74, 6) is 0. The molecule has 14 heavy (non-hydrogen) atoms. The van der Waals surface area contributed by atoms with Crippen molar-refractivity contribution in [3.63, 3.8) is 0 Å². The van der Waals surface area contributed by atoms with E-state index in [0.717, 1.165) is 0 Å². The molecule has 2 rings (SSSR count). The second kappa shape index (κ2) is 3.29. The average Bonchev–Trinajstić information content (AvgIpc) is 2.56. The fourth-order valence-corrected chi connectivity index (χ4v) is 1.64. The fourth-order valence-electron chi connectivity index (χ4n) is 1.64. The van der Waals surface area contributed by atoms with Gasteiger partial charge in [0.2, 0.25) is 0 Å². The lowest BCUT2D eigenvalue weighted by Crippen LogP contribution is -2.36. The number of hydrogen-bond donors (Lipinski definition) is 0. The first-order valence-corrected chi connectivity index (χ1v) is 4.79. The molecule has 2 aromatic rings. The summed E-state index contributed by atoms with van der Waals surface area (Å²) in [7, 11) is 2.04. The molecule has 0 saturated heterocycles. The fraction of sp³-hybridized carbons (Fsp3) is 0.250. The number of rotatable bonds is 1. The summed E-state index contributed by atoms with van der Waals surface area (Å²) in [6.45, 7) is 4.25. The van der Waals surface area contributed by atoms with E-state index < -0.39 is 0 Å². The van der Waals surface area contributed by atoms with Crippen molar-refractivity contribution < 1.29 is 4.68 Å². The maximum absolute atomic E-state index is 2.20. The Morgan fingerprint density at radius 3 is 2.64 bits per heavy atom. The first-order chi connectivity index (χ1) is 6.68. The molecule has 0 unspecified atom stereocenters. The molecular weight excluding hydrogens is 172 g/mol. The molecule has 0 aliphatic heterocycles. The zero-order valence-electron chi connectivity index (χ0n) is 8.86. The molecule has 0 aliphatic rings. The molecule has 0 bridgehead atoms. The zero-order valence-corrected chi connectivity index (χ0v) is 8.86. The van der Waals surface area contributed by atoms with Crippen LogP contribution in [0, 0.1) is 13.8 Å². The highest BCUT2D eigenvalue weighted by atomic mass is 15.4. The van der Waals surface area contributed by atoms with Crippen molar-refractivity contribution in [1.82, 2.24) is 4.68 Å². The molecule has 1 heterocycles.